The van der Waals surface area contributed by atoms with Crippen LogP contribution in [0.25, 0.3) is 11.0 Å². The van der Waals surface area contributed by atoms with Crippen molar-refractivity contribution >= 4 is 22.6 Å². The minimum absolute atomic E-state index is 0.280. The van der Waals surface area contributed by atoms with Crippen molar-refractivity contribution in [2.24, 2.45) is 0 Å². The summed E-state index contributed by atoms with van der Waals surface area (Å²) >= 11 is 0. The maximum absolute atomic E-state index is 13.7. The molecule has 24 heavy (non-hydrogen) atoms. The Balaban J connectivity index is 1.96. The maximum atomic E-state index is 13.7. The standard InChI is InChI=1S/C18H14FNO4/c1-20(10-12-4-2-3-5-15(12)19)13-7-6-11-8-14(17(21)22)18(23)24-16(11)9-13/h2-9H,10H2,1H3,(H,21,22). The Kier molecular flexibility index (Phi) is 4.04. The van der Waals surface area contributed by atoms with E-state index in [0.717, 1.165) is 5.69 Å². The lowest BCUT2D eigenvalue weighted by atomic mass is 10.1. The molecule has 0 spiro atoms. The Labute approximate surface area is 136 Å². The first kappa shape index (κ1) is 15.7. The summed E-state index contributed by atoms with van der Waals surface area (Å²) in [5.74, 6) is -1.62. The number of hydrogen-bond acceptors (Lipinski definition) is 4. The normalized spacial score (nSPS) is 10.8. The number of aromatic carboxylic acids is 1. The van der Waals surface area contributed by atoms with Gasteiger partial charge in [-0.05, 0) is 24.3 Å². The Hall–Kier alpha value is -3.15. The van der Waals surface area contributed by atoms with Crippen molar-refractivity contribution < 1.29 is 18.7 Å². The van der Waals surface area contributed by atoms with E-state index < -0.39 is 17.2 Å². The van der Waals surface area contributed by atoms with Crippen molar-refractivity contribution in [1.29, 1.82) is 0 Å². The SMILES string of the molecule is CN(Cc1ccccc1F)c1ccc2cc(C(=O)O)c(=O)oc2c1. The molecule has 0 unspecified atom stereocenters. The van der Waals surface area contributed by atoms with Gasteiger partial charge in [0.25, 0.3) is 0 Å². The molecule has 0 saturated heterocycles. The number of carboxylic acid groups (broad SMARTS) is 1. The summed E-state index contributed by atoms with van der Waals surface area (Å²) in [6.45, 7) is 0.343. The molecule has 0 aliphatic rings. The van der Waals surface area contributed by atoms with Crippen LogP contribution < -0.4 is 10.5 Å². The number of nitrogens with zero attached hydrogens (tertiary/aromatic N) is 1. The van der Waals surface area contributed by atoms with Crippen LogP contribution in [0.4, 0.5) is 10.1 Å². The number of carboxylic acids is 1. The summed E-state index contributed by atoms with van der Waals surface area (Å²) in [4.78, 5) is 24.5. The highest BCUT2D eigenvalue weighted by atomic mass is 19.1. The number of benzene rings is 2. The first-order valence-corrected chi connectivity index (χ1v) is 7.21. The second kappa shape index (κ2) is 6.16. The fourth-order valence-electron chi connectivity index (χ4n) is 2.46. The third-order valence-corrected chi connectivity index (χ3v) is 3.76. The Bertz CT molecular complexity index is 980. The van der Waals surface area contributed by atoms with E-state index in [-0.39, 0.29) is 11.4 Å². The molecule has 0 saturated carbocycles. The molecule has 0 aliphatic carbocycles. The third kappa shape index (κ3) is 2.99. The summed E-state index contributed by atoms with van der Waals surface area (Å²) in [6.07, 6.45) is 0. The van der Waals surface area contributed by atoms with Crippen LogP contribution in [0.1, 0.15) is 15.9 Å². The van der Waals surface area contributed by atoms with Gasteiger partial charge < -0.3 is 14.4 Å². The molecule has 5 nitrogen and oxygen atoms in total. The van der Waals surface area contributed by atoms with E-state index >= 15 is 0 Å². The van der Waals surface area contributed by atoms with Gasteiger partial charge in [0.1, 0.15) is 17.0 Å². The van der Waals surface area contributed by atoms with Crippen molar-refractivity contribution in [3.05, 3.63) is 75.9 Å². The van der Waals surface area contributed by atoms with E-state index in [1.807, 2.05) is 4.90 Å². The van der Waals surface area contributed by atoms with E-state index in [1.165, 1.54) is 12.1 Å². The number of rotatable bonds is 4. The molecule has 1 heterocycles. The van der Waals surface area contributed by atoms with Crippen molar-refractivity contribution in [2.75, 3.05) is 11.9 Å². The van der Waals surface area contributed by atoms with Gasteiger partial charge in [-0.25, -0.2) is 14.0 Å². The zero-order valence-electron chi connectivity index (χ0n) is 12.8. The predicted molar refractivity (Wildman–Crippen MR) is 88.0 cm³/mol. The summed E-state index contributed by atoms with van der Waals surface area (Å²) in [7, 11) is 1.79. The average molecular weight is 327 g/mol. The molecule has 3 aromatic rings. The molecule has 0 fully saturated rings. The van der Waals surface area contributed by atoms with Gasteiger partial charge in [-0.2, -0.15) is 0 Å². The molecule has 0 aliphatic heterocycles. The zero-order valence-corrected chi connectivity index (χ0v) is 12.8. The van der Waals surface area contributed by atoms with Crippen LogP contribution in [0.2, 0.25) is 0 Å². The molecule has 2 aromatic carbocycles. The molecule has 1 aromatic heterocycles. The number of carbonyl (C=O) groups is 1. The van der Waals surface area contributed by atoms with Gasteiger partial charge in [-0.15, -0.1) is 0 Å². The van der Waals surface area contributed by atoms with Gasteiger partial charge in [0.2, 0.25) is 0 Å². The van der Waals surface area contributed by atoms with Crippen molar-refractivity contribution in [2.45, 2.75) is 6.54 Å². The van der Waals surface area contributed by atoms with Crippen molar-refractivity contribution in [3.63, 3.8) is 0 Å². The zero-order chi connectivity index (χ0) is 17.3. The number of anilines is 1. The minimum Gasteiger partial charge on any atom is -0.477 e. The van der Waals surface area contributed by atoms with Crippen LogP contribution in [0, 0.1) is 5.82 Å². The summed E-state index contributed by atoms with van der Waals surface area (Å²) in [6, 6.07) is 12.8. The molecule has 0 bridgehead atoms. The number of halogens is 1. The summed E-state index contributed by atoms with van der Waals surface area (Å²) < 4.78 is 18.8. The number of hydrogen-bond donors (Lipinski definition) is 1. The van der Waals surface area contributed by atoms with E-state index in [2.05, 4.69) is 0 Å². The second-order valence-corrected chi connectivity index (χ2v) is 5.42. The summed E-state index contributed by atoms with van der Waals surface area (Å²) in [5.41, 5.74) is 0.238. The van der Waals surface area contributed by atoms with Crippen molar-refractivity contribution in [3.8, 4) is 0 Å². The van der Waals surface area contributed by atoms with Crippen LogP contribution in [-0.4, -0.2) is 18.1 Å². The maximum Gasteiger partial charge on any atom is 0.351 e. The Morgan fingerprint density at radius 3 is 2.67 bits per heavy atom. The van der Waals surface area contributed by atoms with Crippen LogP contribution >= 0.6 is 0 Å². The molecule has 1 N–H and O–H groups in total. The molecular formula is C18H14FNO4. The third-order valence-electron chi connectivity index (χ3n) is 3.76. The van der Waals surface area contributed by atoms with Crippen LogP contribution in [0.5, 0.6) is 0 Å². The molecular weight excluding hydrogens is 313 g/mol. The molecule has 0 amide bonds. The highest BCUT2D eigenvalue weighted by Crippen LogP contribution is 2.23. The monoisotopic (exact) mass is 327 g/mol. The smallest absolute Gasteiger partial charge is 0.351 e. The second-order valence-electron chi connectivity index (χ2n) is 5.42. The fourth-order valence-corrected chi connectivity index (χ4v) is 2.46. The average Bonchev–Trinajstić information content (AvgIpc) is 2.55. The highest BCUT2D eigenvalue weighted by Gasteiger charge is 2.13. The van der Waals surface area contributed by atoms with E-state index in [4.69, 9.17) is 9.52 Å². The van der Waals surface area contributed by atoms with Crippen LogP contribution in [0.15, 0.2) is 57.7 Å². The van der Waals surface area contributed by atoms with Crippen LogP contribution in [0.3, 0.4) is 0 Å². The highest BCUT2D eigenvalue weighted by molar-refractivity contribution is 5.92. The lowest BCUT2D eigenvalue weighted by Gasteiger charge is -2.20. The van der Waals surface area contributed by atoms with Gasteiger partial charge in [0.05, 0.1) is 0 Å². The Morgan fingerprint density at radius 2 is 1.96 bits per heavy atom. The van der Waals surface area contributed by atoms with Crippen molar-refractivity contribution in [1.82, 2.24) is 0 Å². The summed E-state index contributed by atoms with van der Waals surface area (Å²) in [5, 5.41) is 9.46. The van der Waals surface area contributed by atoms with E-state index in [9.17, 15) is 14.0 Å². The number of fused-ring (bicyclic) bond motifs is 1. The first-order chi connectivity index (χ1) is 11.5. The van der Waals surface area contributed by atoms with E-state index in [1.54, 1.807) is 43.4 Å². The quantitative estimate of drug-likeness (QED) is 0.745. The largest absolute Gasteiger partial charge is 0.477 e. The molecule has 122 valence electrons. The van der Waals surface area contributed by atoms with Gasteiger partial charge >= 0.3 is 11.6 Å². The molecule has 0 atom stereocenters. The van der Waals surface area contributed by atoms with Gasteiger partial charge in [-0.3, -0.25) is 0 Å². The molecule has 3 rings (SSSR count). The lowest BCUT2D eigenvalue weighted by molar-refractivity contribution is 0.0692. The van der Waals surface area contributed by atoms with Gasteiger partial charge in [0.15, 0.2) is 0 Å². The minimum atomic E-state index is -1.33. The van der Waals surface area contributed by atoms with Gasteiger partial charge in [0, 0.05) is 36.3 Å². The topological polar surface area (TPSA) is 70.8 Å². The first-order valence-electron chi connectivity index (χ1n) is 7.21. The van der Waals surface area contributed by atoms with Gasteiger partial charge in [-0.1, -0.05) is 18.2 Å². The molecule has 0 radical (unpaired) electrons. The predicted octanol–water partition coefficient (Wildman–Crippen LogP) is 3.27. The lowest BCUT2D eigenvalue weighted by Crippen LogP contribution is -2.17. The van der Waals surface area contributed by atoms with E-state index in [0.29, 0.717) is 17.5 Å². The fraction of sp³-hybridized carbons (Fsp3) is 0.111. The van der Waals surface area contributed by atoms with Crippen LogP contribution in [-0.2, 0) is 6.54 Å². The molecule has 6 heteroatoms. The Morgan fingerprint density at radius 1 is 1.21 bits per heavy atom.